The minimum absolute atomic E-state index is 0.399. The molecule has 4 aromatic carbocycles. The molecule has 1 aliphatic heterocycles. The zero-order valence-corrected chi connectivity index (χ0v) is 20.2. The number of sulfone groups is 1. The fourth-order valence-electron chi connectivity index (χ4n) is 3.59. The van der Waals surface area contributed by atoms with Crippen molar-refractivity contribution < 1.29 is 13.2 Å². The molecule has 0 fully saturated rings. The molecule has 0 N–H and O–H groups in total. The van der Waals surface area contributed by atoms with Crippen molar-refractivity contribution in [3.05, 3.63) is 106 Å². The second kappa shape index (κ2) is 8.33. The Morgan fingerprint density at radius 1 is 0.710 bits per heavy atom. The summed E-state index contributed by atoms with van der Waals surface area (Å²) >= 11 is 2.29. The van der Waals surface area contributed by atoms with E-state index in [-0.39, 0.29) is 0 Å². The summed E-state index contributed by atoms with van der Waals surface area (Å²) in [6.07, 6.45) is 0. The van der Waals surface area contributed by atoms with Gasteiger partial charge in [-0.1, -0.05) is 36.4 Å². The van der Waals surface area contributed by atoms with Crippen molar-refractivity contribution in [3.63, 3.8) is 0 Å². The van der Waals surface area contributed by atoms with Crippen LogP contribution in [0.4, 0.5) is 0 Å². The molecule has 0 atom stereocenters. The lowest BCUT2D eigenvalue weighted by molar-refractivity contribution is 0.306. The first-order chi connectivity index (χ1) is 15.0. The predicted octanol–water partition coefficient (Wildman–Crippen LogP) is 6.11. The summed E-state index contributed by atoms with van der Waals surface area (Å²) in [5.41, 5.74) is 1.12. The van der Waals surface area contributed by atoms with Gasteiger partial charge in [-0.3, -0.25) is 0 Å². The highest BCUT2D eigenvalue weighted by atomic mass is 127. The number of ether oxygens (including phenoxy) is 1. The maximum atomic E-state index is 13.2. The second-order valence-corrected chi connectivity index (χ2v) is 12.2. The number of benzene rings is 4. The van der Waals surface area contributed by atoms with Gasteiger partial charge in [0.2, 0.25) is 9.84 Å². The molecule has 0 unspecified atom stereocenters. The van der Waals surface area contributed by atoms with E-state index in [0.717, 1.165) is 26.0 Å². The van der Waals surface area contributed by atoms with Gasteiger partial charge in [0.1, 0.15) is 33.0 Å². The molecule has 0 radical (unpaired) electrons. The van der Waals surface area contributed by atoms with Crippen LogP contribution >= 0.6 is 22.6 Å². The van der Waals surface area contributed by atoms with E-state index in [4.69, 9.17) is 4.74 Å². The Bertz CT molecular complexity index is 1290. The van der Waals surface area contributed by atoms with Crippen LogP contribution in [-0.4, -0.2) is 8.42 Å². The van der Waals surface area contributed by atoms with Gasteiger partial charge >= 0.3 is 0 Å². The largest absolute Gasteiger partial charge is 0.489 e. The normalized spacial score (nSPS) is 14.5. The van der Waals surface area contributed by atoms with Gasteiger partial charge in [-0.15, -0.1) is 0 Å². The lowest BCUT2D eigenvalue weighted by atomic mass is 10.2. The quantitative estimate of drug-likeness (QED) is 0.198. The van der Waals surface area contributed by atoms with E-state index >= 15 is 0 Å². The van der Waals surface area contributed by atoms with Gasteiger partial charge in [0, 0.05) is 3.57 Å². The van der Waals surface area contributed by atoms with Gasteiger partial charge in [0.05, 0.1) is 0 Å². The Morgan fingerprint density at radius 3 is 1.84 bits per heavy atom. The van der Waals surface area contributed by atoms with Gasteiger partial charge in [0.25, 0.3) is 0 Å². The summed E-state index contributed by atoms with van der Waals surface area (Å²) in [5.74, 6) is 0.789. The molecule has 0 bridgehead atoms. The molecule has 0 spiro atoms. The van der Waals surface area contributed by atoms with E-state index in [1.54, 1.807) is 24.3 Å². The molecule has 0 aromatic heterocycles. The first-order valence-corrected chi connectivity index (χ1v) is 13.5. The highest BCUT2D eigenvalue weighted by molar-refractivity contribution is 14.1. The maximum Gasteiger partial charge on any atom is 0.216 e. The molecule has 0 saturated heterocycles. The molecule has 154 valence electrons. The van der Waals surface area contributed by atoms with E-state index in [1.807, 2.05) is 48.5 Å². The fraction of sp³-hybridized carbons (Fsp3) is 0.0400. The Hall–Kier alpha value is -2.29. The maximum absolute atomic E-state index is 13.2. The summed E-state index contributed by atoms with van der Waals surface area (Å²) in [7, 11) is -4.00. The first-order valence-electron chi connectivity index (χ1n) is 9.69. The van der Waals surface area contributed by atoms with Crippen LogP contribution in [0.3, 0.4) is 0 Å². The highest BCUT2D eigenvalue weighted by Crippen LogP contribution is 2.44. The number of rotatable bonds is 4. The molecule has 4 aromatic rings. The summed E-state index contributed by atoms with van der Waals surface area (Å²) in [5, 5.41) is 0. The van der Waals surface area contributed by atoms with E-state index < -0.39 is 20.7 Å². The molecule has 5 rings (SSSR count). The Morgan fingerprint density at radius 2 is 1.26 bits per heavy atom. The molecule has 1 aliphatic rings. The highest BCUT2D eigenvalue weighted by Gasteiger charge is 2.44. The van der Waals surface area contributed by atoms with Crippen molar-refractivity contribution in [2.75, 3.05) is 0 Å². The number of hydrogen-bond acceptors (Lipinski definition) is 3. The lowest BCUT2D eigenvalue weighted by Crippen LogP contribution is -2.20. The minimum atomic E-state index is -3.51. The van der Waals surface area contributed by atoms with Crippen LogP contribution in [-0.2, 0) is 27.3 Å². The number of halogens is 1. The van der Waals surface area contributed by atoms with Crippen molar-refractivity contribution in [3.8, 4) is 5.75 Å². The molecule has 0 amide bonds. The Kier molecular flexibility index (Phi) is 5.54. The van der Waals surface area contributed by atoms with Crippen molar-refractivity contribution in [2.45, 2.75) is 31.1 Å². The number of fused-ring (bicyclic) bond motifs is 2. The summed E-state index contributed by atoms with van der Waals surface area (Å²) in [4.78, 5) is 3.55. The third-order valence-corrected chi connectivity index (χ3v) is 10.3. The molecule has 0 saturated carbocycles. The smallest absolute Gasteiger partial charge is 0.216 e. The molecule has 0 aliphatic carbocycles. The van der Waals surface area contributed by atoms with Crippen LogP contribution in [0.25, 0.3) is 0 Å². The van der Waals surface area contributed by atoms with E-state index in [9.17, 15) is 8.42 Å². The minimum Gasteiger partial charge on any atom is -0.489 e. The molecular formula is C25H18IO3S2+. The van der Waals surface area contributed by atoms with Gasteiger partial charge < -0.3 is 4.74 Å². The van der Waals surface area contributed by atoms with Crippen molar-refractivity contribution in [1.29, 1.82) is 0 Å². The van der Waals surface area contributed by atoms with Crippen molar-refractivity contribution in [2.24, 2.45) is 0 Å². The summed E-state index contributed by atoms with van der Waals surface area (Å²) in [6, 6.07) is 30.9. The average molecular weight is 557 g/mol. The van der Waals surface area contributed by atoms with Crippen molar-refractivity contribution >= 4 is 43.3 Å². The molecule has 1 heterocycles. The van der Waals surface area contributed by atoms with Crippen LogP contribution in [0, 0.1) is 3.57 Å². The first kappa shape index (κ1) is 20.6. The van der Waals surface area contributed by atoms with Crippen LogP contribution in [0.1, 0.15) is 5.56 Å². The van der Waals surface area contributed by atoms with E-state index in [0.29, 0.717) is 16.4 Å². The van der Waals surface area contributed by atoms with Crippen molar-refractivity contribution in [1.82, 2.24) is 0 Å². The third kappa shape index (κ3) is 3.88. The van der Waals surface area contributed by atoms with E-state index in [2.05, 4.69) is 46.9 Å². The second-order valence-electron chi connectivity index (χ2n) is 7.09. The topological polar surface area (TPSA) is 43.4 Å². The average Bonchev–Trinajstić information content (AvgIpc) is 2.80. The Balaban J connectivity index is 1.48. The van der Waals surface area contributed by atoms with Crippen LogP contribution < -0.4 is 4.74 Å². The molecule has 31 heavy (non-hydrogen) atoms. The standard InChI is InChI=1S/C25H18IO3S2/c26-19-11-9-18(10-12-19)17-29-20-13-15-21(16-14-20)30-22-5-1-3-7-24(22)31(27,28)25-8-4-2-6-23(25)30/h1-16H,17H2/q+1. The summed E-state index contributed by atoms with van der Waals surface area (Å²) in [6.45, 7) is 0.506. The lowest BCUT2D eigenvalue weighted by Gasteiger charge is -2.19. The third-order valence-electron chi connectivity index (χ3n) is 5.10. The zero-order chi connectivity index (χ0) is 21.4. The SMILES string of the molecule is O=S1(=O)c2ccccc2[S+](c2ccc(OCc3ccc(I)cc3)cc2)c2ccccc21. The van der Waals surface area contributed by atoms with Gasteiger partial charge in [-0.05, 0) is 88.8 Å². The van der Waals surface area contributed by atoms with Crippen LogP contribution in [0.2, 0.25) is 0 Å². The van der Waals surface area contributed by atoms with Crippen LogP contribution in [0.15, 0.2) is 122 Å². The molecule has 6 heteroatoms. The predicted molar refractivity (Wildman–Crippen MR) is 130 cm³/mol. The monoisotopic (exact) mass is 557 g/mol. The Labute approximate surface area is 198 Å². The fourth-order valence-corrected chi connectivity index (χ4v) is 8.65. The molecule has 3 nitrogen and oxygen atoms in total. The van der Waals surface area contributed by atoms with Crippen LogP contribution in [0.5, 0.6) is 5.75 Å². The van der Waals surface area contributed by atoms with Gasteiger partial charge in [-0.25, -0.2) is 8.42 Å². The van der Waals surface area contributed by atoms with E-state index in [1.165, 1.54) is 3.57 Å². The molecular weight excluding hydrogens is 539 g/mol. The van der Waals surface area contributed by atoms with Gasteiger partial charge in [-0.2, -0.15) is 0 Å². The van der Waals surface area contributed by atoms with Gasteiger partial charge in [0.15, 0.2) is 14.7 Å². The summed E-state index contributed by atoms with van der Waals surface area (Å²) < 4.78 is 33.4. The zero-order valence-electron chi connectivity index (χ0n) is 16.4. The number of hydrogen-bond donors (Lipinski definition) is 0.